The van der Waals surface area contributed by atoms with Gasteiger partial charge in [-0.2, -0.15) is 0 Å². The Morgan fingerprint density at radius 1 is 0.964 bits per heavy atom. The third-order valence-electron chi connectivity index (χ3n) is 5.63. The molecule has 1 saturated heterocycles. The molecule has 0 saturated carbocycles. The Labute approximate surface area is 171 Å². The number of fused-ring (bicyclic) bond motifs is 1. The van der Waals surface area contributed by atoms with E-state index in [1.807, 2.05) is 58.3 Å². The van der Waals surface area contributed by atoms with Gasteiger partial charge in [-0.1, -0.05) is 24.3 Å². The van der Waals surface area contributed by atoms with Gasteiger partial charge in [0.2, 0.25) is 5.91 Å². The number of halogens is 1. The van der Waals surface area contributed by atoms with E-state index < -0.39 is 0 Å². The Morgan fingerprint density at radius 3 is 2.54 bits per heavy atom. The SMILES string of the molecule is Cl.Nc1cccc2c1CCCN2C(=O)C1CCCN(C(=O)c2ccccc2)C1. The van der Waals surface area contributed by atoms with Crippen LogP contribution >= 0.6 is 12.4 Å². The molecule has 0 aromatic heterocycles. The number of nitrogens with zero attached hydrogens (tertiary/aromatic N) is 2. The van der Waals surface area contributed by atoms with Crippen LogP contribution < -0.4 is 10.6 Å². The first kappa shape index (κ1) is 20.2. The predicted octanol–water partition coefficient (Wildman–Crippen LogP) is 3.52. The van der Waals surface area contributed by atoms with Crippen molar-refractivity contribution in [1.29, 1.82) is 0 Å². The van der Waals surface area contributed by atoms with Gasteiger partial charge in [0.05, 0.1) is 5.92 Å². The van der Waals surface area contributed by atoms with E-state index in [0.29, 0.717) is 18.7 Å². The predicted molar refractivity (Wildman–Crippen MR) is 114 cm³/mol. The quantitative estimate of drug-likeness (QED) is 0.785. The molecule has 2 amide bonds. The summed E-state index contributed by atoms with van der Waals surface area (Å²) in [7, 11) is 0. The highest BCUT2D eigenvalue weighted by Crippen LogP contribution is 2.33. The maximum absolute atomic E-state index is 13.3. The lowest BCUT2D eigenvalue weighted by molar-refractivity contribution is -0.123. The van der Waals surface area contributed by atoms with E-state index >= 15 is 0 Å². The minimum atomic E-state index is -0.154. The molecular weight excluding hydrogens is 374 g/mol. The lowest BCUT2D eigenvalue weighted by atomic mass is 9.93. The molecule has 2 aromatic carbocycles. The summed E-state index contributed by atoms with van der Waals surface area (Å²) in [5.41, 5.74) is 9.58. The van der Waals surface area contributed by atoms with Gasteiger partial charge < -0.3 is 15.5 Å². The fourth-order valence-corrected chi connectivity index (χ4v) is 4.23. The fourth-order valence-electron chi connectivity index (χ4n) is 4.23. The minimum absolute atomic E-state index is 0. The van der Waals surface area contributed by atoms with E-state index in [9.17, 15) is 9.59 Å². The van der Waals surface area contributed by atoms with Crippen molar-refractivity contribution in [2.45, 2.75) is 25.7 Å². The van der Waals surface area contributed by atoms with Crippen molar-refractivity contribution in [3.63, 3.8) is 0 Å². The monoisotopic (exact) mass is 399 g/mol. The van der Waals surface area contributed by atoms with Crippen molar-refractivity contribution >= 4 is 35.6 Å². The van der Waals surface area contributed by atoms with Crippen molar-refractivity contribution in [2.24, 2.45) is 5.92 Å². The third-order valence-corrected chi connectivity index (χ3v) is 5.63. The molecule has 1 unspecified atom stereocenters. The Hall–Kier alpha value is -2.53. The summed E-state index contributed by atoms with van der Waals surface area (Å²) in [6.07, 6.45) is 3.51. The van der Waals surface area contributed by atoms with Crippen LogP contribution in [0.2, 0.25) is 0 Å². The lowest BCUT2D eigenvalue weighted by Gasteiger charge is -2.37. The number of hydrogen-bond acceptors (Lipinski definition) is 3. The maximum atomic E-state index is 13.3. The van der Waals surface area contributed by atoms with Gasteiger partial charge in [-0.25, -0.2) is 0 Å². The number of anilines is 2. The molecule has 2 aliphatic rings. The topological polar surface area (TPSA) is 66.6 Å². The number of hydrogen-bond donors (Lipinski definition) is 1. The van der Waals surface area contributed by atoms with Gasteiger partial charge in [0, 0.05) is 36.6 Å². The summed E-state index contributed by atoms with van der Waals surface area (Å²) < 4.78 is 0. The van der Waals surface area contributed by atoms with Gasteiger partial charge in [-0.15, -0.1) is 12.4 Å². The molecule has 0 aliphatic carbocycles. The van der Waals surface area contributed by atoms with Crippen molar-refractivity contribution in [1.82, 2.24) is 4.90 Å². The molecule has 28 heavy (non-hydrogen) atoms. The number of nitrogens with two attached hydrogens (primary N) is 1. The van der Waals surface area contributed by atoms with Gasteiger partial charge in [0.1, 0.15) is 0 Å². The van der Waals surface area contributed by atoms with E-state index in [4.69, 9.17) is 5.73 Å². The Balaban J connectivity index is 0.00000225. The Kier molecular flexibility index (Phi) is 6.25. The van der Waals surface area contributed by atoms with Crippen LogP contribution in [0.25, 0.3) is 0 Å². The Bertz CT molecular complexity index is 856. The average molecular weight is 400 g/mol. The van der Waals surface area contributed by atoms with Crippen LogP contribution in [-0.2, 0) is 11.2 Å². The van der Waals surface area contributed by atoms with Gasteiger partial charge >= 0.3 is 0 Å². The molecule has 1 atom stereocenters. The molecule has 5 nitrogen and oxygen atoms in total. The molecule has 0 radical (unpaired) electrons. The van der Waals surface area contributed by atoms with Crippen LogP contribution in [0.5, 0.6) is 0 Å². The summed E-state index contributed by atoms with van der Waals surface area (Å²) in [5.74, 6) is -0.0257. The van der Waals surface area contributed by atoms with Crippen LogP contribution in [-0.4, -0.2) is 36.3 Å². The lowest BCUT2D eigenvalue weighted by Crippen LogP contribution is -2.48. The summed E-state index contributed by atoms with van der Waals surface area (Å²) in [6, 6.07) is 15.1. The van der Waals surface area contributed by atoms with E-state index in [2.05, 4.69) is 0 Å². The highest BCUT2D eigenvalue weighted by Gasteiger charge is 2.33. The highest BCUT2D eigenvalue weighted by atomic mass is 35.5. The van der Waals surface area contributed by atoms with Gasteiger partial charge in [0.15, 0.2) is 0 Å². The number of carbonyl (C=O) groups is 2. The number of benzene rings is 2. The number of rotatable bonds is 2. The van der Waals surface area contributed by atoms with Crippen molar-refractivity contribution in [3.8, 4) is 0 Å². The number of piperidine rings is 1. The van der Waals surface area contributed by atoms with Crippen molar-refractivity contribution < 1.29 is 9.59 Å². The first-order valence-corrected chi connectivity index (χ1v) is 9.68. The van der Waals surface area contributed by atoms with E-state index in [1.165, 1.54) is 0 Å². The zero-order chi connectivity index (χ0) is 18.8. The Morgan fingerprint density at radius 2 is 1.75 bits per heavy atom. The van der Waals surface area contributed by atoms with Crippen LogP contribution in [0.4, 0.5) is 11.4 Å². The van der Waals surface area contributed by atoms with Gasteiger partial charge in [-0.3, -0.25) is 9.59 Å². The van der Waals surface area contributed by atoms with Gasteiger partial charge in [-0.05, 0) is 55.5 Å². The number of likely N-dealkylation sites (tertiary alicyclic amines) is 1. The van der Waals surface area contributed by atoms with Crippen molar-refractivity contribution in [2.75, 3.05) is 30.3 Å². The summed E-state index contributed by atoms with van der Waals surface area (Å²) in [6.45, 7) is 1.92. The minimum Gasteiger partial charge on any atom is -0.398 e. The third kappa shape index (κ3) is 3.85. The second kappa shape index (κ2) is 8.65. The number of nitrogen functional groups attached to an aromatic ring is 1. The molecule has 4 rings (SSSR count). The first-order chi connectivity index (χ1) is 13.1. The zero-order valence-electron chi connectivity index (χ0n) is 15.8. The summed E-state index contributed by atoms with van der Waals surface area (Å²) in [4.78, 5) is 29.8. The maximum Gasteiger partial charge on any atom is 0.253 e. The van der Waals surface area contributed by atoms with Crippen LogP contribution in [0.15, 0.2) is 48.5 Å². The molecule has 2 aliphatic heterocycles. The molecule has 6 heteroatoms. The molecule has 1 fully saturated rings. The molecular formula is C22H26ClN3O2. The molecule has 148 valence electrons. The van der Waals surface area contributed by atoms with Crippen molar-refractivity contribution in [3.05, 3.63) is 59.7 Å². The highest BCUT2D eigenvalue weighted by molar-refractivity contribution is 5.98. The average Bonchev–Trinajstić information content (AvgIpc) is 2.73. The second-order valence-electron chi connectivity index (χ2n) is 7.39. The molecule has 0 spiro atoms. The van der Waals surface area contributed by atoms with E-state index in [-0.39, 0.29) is 30.1 Å². The van der Waals surface area contributed by atoms with E-state index in [1.54, 1.807) is 0 Å². The van der Waals surface area contributed by atoms with Crippen LogP contribution in [0.3, 0.4) is 0 Å². The molecule has 2 heterocycles. The number of amides is 2. The molecule has 2 N–H and O–H groups in total. The molecule has 2 aromatic rings. The zero-order valence-corrected chi connectivity index (χ0v) is 16.7. The smallest absolute Gasteiger partial charge is 0.253 e. The largest absolute Gasteiger partial charge is 0.398 e. The second-order valence-corrected chi connectivity index (χ2v) is 7.39. The van der Waals surface area contributed by atoms with Crippen LogP contribution in [0.1, 0.15) is 35.2 Å². The molecule has 0 bridgehead atoms. The first-order valence-electron chi connectivity index (χ1n) is 9.68. The van der Waals surface area contributed by atoms with Gasteiger partial charge in [0.25, 0.3) is 5.91 Å². The fraction of sp³-hybridized carbons (Fsp3) is 0.364. The summed E-state index contributed by atoms with van der Waals surface area (Å²) in [5, 5.41) is 0. The van der Waals surface area contributed by atoms with E-state index in [0.717, 1.165) is 49.2 Å². The van der Waals surface area contributed by atoms with Crippen LogP contribution in [0, 0.1) is 5.92 Å². The number of carbonyl (C=O) groups excluding carboxylic acids is 2. The normalized spacial score (nSPS) is 18.8. The standard InChI is InChI=1S/C22H25N3O2.ClH/c23-19-11-4-12-20-18(19)10-6-14-25(20)22(27)17-9-5-13-24(15-17)21(26)16-7-2-1-3-8-16;/h1-4,7-8,11-12,17H,5-6,9-10,13-15,23H2;1H. The summed E-state index contributed by atoms with van der Waals surface area (Å²) >= 11 is 0.